The van der Waals surface area contributed by atoms with Gasteiger partial charge in [0.1, 0.15) is 11.6 Å². The van der Waals surface area contributed by atoms with Crippen molar-refractivity contribution in [3.8, 4) is 0 Å². The first kappa shape index (κ1) is 21.5. The van der Waals surface area contributed by atoms with E-state index in [0.29, 0.717) is 22.3 Å². The topological polar surface area (TPSA) is 57.7 Å². The Labute approximate surface area is 196 Å². The molecule has 0 radical (unpaired) electrons. The van der Waals surface area contributed by atoms with Crippen LogP contribution < -0.4 is 0 Å². The van der Waals surface area contributed by atoms with Crippen LogP contribution >= 0.6 is 15.9 Å². The molecule has 2 heterocycles. The lowest BCUT2D eigenvalue weighted by Gasteiger charge is -2.31. The maximum absolute atomic E-state index is 13.9. The Morgan fingerprint density at radius 3 is 2.09 bits per heavy atom. The summed E-state index contributed by atoms with van der Waals surface area (Å²) in [5, 5.41) is 0. The van der Waals surface area contributed by atoms with Gasteiger partial charge >= 0.3 is 0 Å². The van der Waals surface area contributed by atoms with Crippen molar-refractivity contribution in [3.63, 3.8) is 0 Å². The maximum Gasteiger partial charge on any atom is 0.261 e. The van der Waals surface area contributed by atoms with Gasteiger partial charge < -0.3 is 4.90 Å². The lowest BCUT2D eigenvalue weighted by atomic mass is 10.0. The van der Waals surface area contributed by atoms with Crippen LogP contribution in [0.5, 0.6) is 0 Å². The van der Waals surface area contributed by atoms with E-state index in [1.807, 2.05) is 6.07 Å². The SMILES string of the molecule is O=C1c2ccccc2C(=O)N1C[C@H](Cc1cc(F)cc(F)c1)N1Cc2cc(Br)ccc2C1=O. The summed E-state index contributed by atoms with van der Waals surface area (Å²) in [5.41, 5.74) is 2.26. The third kappa shape index (κ3) is 3.84. The van der Waals surface area contributed by atoms with Gasteiger partial charge in [0.15, 0.2) is 0 Å². The number of halogens is 3. The third-order valence-corrected chi connectivity index (χ3v) is 6.50. The zero-order valence-electron chi connectivity index (χ0n) is 17.2. The van der Waals surface area contributed by atoms with Crippen molar-refractivity contribution in [1.29, 1.82) is 0 Å². The second kappa shape index (κ2) is 8.19. The summed E-state index contributed by atoms with van der Waals surface area (Å²) >= 11 is 3.40. The summed E-state index contributed by atoms with van der Waals surface area (Å²) in [6.45, 7) is 0.171. The molecule has 0 saturated carbocycles. The second-order valence-electron chi connectivity index (χ2n) is 8.14. The van der Waals surface area contributed by atoms with Crippen LogP contribution in [0.25, 0.3) is 0 Å². The molecule has 0 saturated heterocycles. The molecule has 3 amide bonds. The summed E-state index contributed by atoms with van der Waals surface area (Å²) in [6.07, 6.45) is 0.0724. The zero-order valence-corrected chi connectivity index (χ0v) is 18.8. The zero-order chi connectivity index (χ0) is 23.3. The van der Waals surface area contributed by atoms with Crippen LogP contribution in [0.3, 0.4) is 0 Å². The number of fused-ring (bicyclic) bond motifs is 2. The van der Waals surface area contributed by atoms with Crippen molar-refractivity contribution in [3.05, 3.63) is 105 Å². The number of amides is 3. The average molecular weight is 511 g/mol. The van der Waals surface area contributed by atoms with E-state index in [1.54, 1.807) is 41.3 Å². The van der Waals surface area contributed by atoms with E-state index >= 15 is 0 Å². The molecule has 3 aromatic rings. The number of hydrogen-bond donors (Lipinski definition) is 0. The summed E-state index contributed by atoms with van der Waals surface area (Å²) in [6, 6.07) is 14.3. The molecular weight excluding hydrogens is 494 g/mol. The molecule has 0 fully saturated rings. The molecular formula is C25H17BrF2N2O3. The van der Waals surface area contributed by atoms with Gasteiger partial charge in [-0.15, -0.1) is 0 Å². The number of hydrogen-bond acceptors (Lipinski definition) is 3. The van der Waals surface area contributed by atoms with E-state index < -0.39 is 29.5 Å². The quantitative estimate of drug-likeness (QED) is 0.471. The molecule has 0 unspecified atom stereocenters. The number of nitrogens with zero attached hydrogens (tertiary/aromatic N) is 2. The highest BCUT2D eigenvalue weighted by molar-refractivity contribution is 9.10. The Bertz CT molecular complexity index is 1270. The Balaban J connectivity index is 1.49. The Morgan fingerprint density at radius 2 is 1.45 bits per heavy atom. The smallest absolute Gasteiger partial charge is 0.261 e. The van der Waals surface area contributed by atoms with Crippen LogP contribution in [0, 0.1) is 11.6 Å². The molecule has 5 rings (SSSR count). The largest absolute Gasteiger partial charge is 0.329 e. The minimum atomic E-state index is -0.732. The first-order valence-corrected chi connectivity index (χ1v) is 11.1. The van der Waals surface area contributed by atoms with Gasteiger partial charge in [0, 0.05) is 22.6 Å². The van der Waals surface area contributed by atoms with Gasteiger partial charge in [-0.2, -0.15) is 0 Å². The predicted molar refractivity (Wildman–Crippen MR) is 120 cm³/mol. The summed E-state index contributed by atoms with van der Waals surface area (Å²) in [4.78, 5) is 41.7. The predicted octanol–water partition coefficient (Wildman–Crippen LogP) is 4.59. The van der Waals surface area contributed by atoms with E-state index in [0.717, 1.165) is 21.0 Å². The molecule has 166 valence electrons. The Hall–Kier alpha value is -3.39. The highest BCUT2D eigenvalue weighted by Crippen LogP contribution is 2.30. The first-order chi connectivity index (χ1) is 15.8. The van der Waals surface area contributed by atoms with Gasteiger partial charge in [-0.05, 0) is 60.0 Å². The number of rotatable bonds is 5. The first-order valence-electron chi connectivity index (χ1n) is 10.3. The minimum Gasteiger partial charge on any atom is -0.329 e. The van der Waals surface area contributed by atoms with Crippen LogP contribution in [0.1, 0.15) is 42.2 Å². The van der Waals surface area contributed by atoms with Crippen LogP contribution in [0.2, 0.25) is 0 Å². The van der Waals surface area contributed by atoms with E-state index in [4.69, 9.17) is 0 Å². The summed E-state index contributed by atoms with van der Waals surface area (Å²) < 4.78 is 28.5. The molecule has 0 aliphatic carbocycles. The van der Waals surface area contributed by atoms with Gasteiger partial charge in [-0.25, -0.2) is 8.78 Å². The van der Waals surface area contributed by atoms with Crippen molar-refractivity contribution >= 4 is 33.7 Å². The standard InChI is InChI=1S/C25H17BrF2N2O3/c26-16-5-6-20-15(10-16)12-29(23(20)31)19(9-14-7-17(27)11-18(28)8-14)13-30-24(32)21-3-1-2-4-22(21)25(30)33/h1-8,10-11,19H,9,12-13H2/t19-/m0/s1. The number of carbonyl (C=O) groups is 3. The molecule has 33 heavy (non-hydrogen) atoms. The molecule has 8 heteroatoms. The molecule has 0 aromatic heterocycles. The lowest BCUT2D eigenvalue weighted by Crippen LogP contribution is -2.47. The highest BCUT2D eigenvalue weighted by Gasteiger charge is 2.40. The monoisotopic (exact) mass is 510 g/mol. The second-order valence-corrected chi connectivity index (χ2v) is 9.05. The Kier molecular flexibility index (Phi) is 5.32. The van der Waals surface area contributed by atoms with E-state index in [1.165, 1.54) is 12.1 Å². The van der Waals surface area contributed by atoms with Crippen molar-refractivity contribution in [2.45, 2.75) is 19.0 Å². The van der Waals surface area contributed by atoms with Crippen molar-refractivity contribution < 1.29 is 23.2 Å². The summed E-state index contributed by atoms with van der Waals surface area (Å²) in [7, 11) is 0. The lowest BCUT2D eigenvalue weighted by molar-refractivity contribution is 0.0527. The minimum absolute atomic E-state index is 0.0724. The van der Waals surface area contributed by atoms with Crippen LogP contribution in [-0.2, 0) is 13.0 Å². The molecule has 2 aliphatic rings. The normalized spacial score (nSPS) is 15.8. The average Bonchev–Trinajstić information content (AvgIpc) is 3.21. The van der Waals surface area contributed by atoms with Crippen LogP contribution in [0.15, 0.2) is 65.1 Å². The molecule has 3 aromatic carbocycles. The fourth-order valence-electron chi connectivity index (χ4n) is 4.50. The van der Waals surface area contributed by atoms with Gasteiger partial charge in [0.25, 0.3) is 17.7 Å². The molecule has 5 nitrogen and oxygen atoms in total. The Morgan fingerprint density at radius 1 is 0.818 bits per heavy atom. The van der Waals surface area contributed by atoms with Gasteiger partial charge in [0.2, 0.25) is 0 Å². The molecule has 0 spiro atoms. The van der Waals surface area contributed by atoms with Crippen LogP contribution in [-0.4, -0.2) is 40.1 Å². The van der Waals surface area contributed by atoms with E-state index in [2.05, 4.69) is 15.9 Å². The number of carbonyl (C=O) groups excluding carboxylic acids is 3. The fraction of sp³-hybridized carbons (Fsp3) is 0.160. The molecule has 2 aliphatic heterocycles. The molecule has 0 bridgehead atoms. The van der Waals surface area contributed by atoms with E-state index in [9.17, 15) is 23.2 Å². The number of benzene rings is 3. The highest BCUT2D eigenvalue weighted by atomic mass is 79.9. The van der Waals surface area contributed by atoms with E-state index in [-0.39, 0.29) is 25.4 Å². The molecule has 0 N–H and O–H groups in total. The van der Waals surface area contributed by atoms with Crippen molar-refractivity contribution in [2.75, 3.05) is 6.54 Å². The third-order valence-electron chi connectivity index (χ3n) is 6.01. The number of imide groups is 1. The fourth-order valence-corrected chi connectivity index (χ4v) is 4.91. The van der Waals surface area contributed by atoms with Gasteiger partial charge in [-0.1, -0.05) is 28.1 Å². The van der Waals surface area contributed by atoms with Crippen molar-refractivity contribution in [2.24, 2.45) is 0 Å². The van der Waals surface area contributed by atoms with Crippen molar-refractivity contribution in [1.82, 2.24) is 9.80 Å². The molecule has 1 atom stereocenters. The van der Waals surface area contributed by atoms with Crippen LogP contribution in [0.4, 0.5) is 8.78 Å². The maximum atomic E-state index is 13.9. The van der Waals surface area contributed by atoms with Gasteiger partial charge in [-0.3, -0.25) is 19.3 Å². The summed E-state index contributed by atoms with van der Waals surface area (Å²) in [5.74, 6) is -2.61. The van der Waals surface area contributed by atoms with Gasteiger partial charge in [0.05, 0.1) is 23.7 Å².